The highest BCUT2D eigenvalue weighted by molar-refractivity contribution is 8.00. The molecule has 1 aliphatic rings. The molecule has 21 heavy (non-hydrogen) atoms. The van der Waals surface area contributed by atoms with Crippen LogP contribution in [0.4, 0.5) is 0 Å². The summed E-state index contributed by atoms with van der Waals surface area (Å²) in [6, 6.07) is 5.10. The number of carbonyl (C=O) groups excluding carboxylic acids is 1. The highest BCUT2D eigenvalue weighted by atomic mass is 35.5. The van der Waals surface area contributed by atoms with E-state index in [-0.39, 0.29) is 35.8 Å². The second-order valence-electron chi connectivity index (χ2n) is 4.81. The molecule has 1 heterocycles. The van der Waals surface area contributed by atoms with Crippen molar-refractivity contribution in [2.45, 2.75) is 17.1 Å². The van der Waals surface area contributed by atoms with Gasteiger partial charge >= 0.3 is 0 Å². The number of sulfone groups is 1. The van der Waals surface area contributed by atoms with E-state index in [0.717, 1.165) is 4.90 Å². The molecule has 1 aliphatic heterocycles. The lowest BCUT2D eigenvalue weighted by Gasteiger charge is -2.29. The number of carbonyl (C=O) groups is 1. The first-order valence-corrected chi connectivity index (χ1v) is 9.85. The molecular formula is C13H15Cl2NO3S2. The maximum atomic E-state index is 12.3. The van der Waals surface area contributed by atoms with Gasteiger partial charge in [0.1, 0.15) is 0 Å². The Hall–Kier alpha value is -0.430. The molecule has 0 radical (unpaired) electrons. The highest BCUT2D eigenvalue weighted by Crippen LogP contribution is 2.33. The van der Waals surface area contributed by atoms with E-state index in [1.807, 2.05) is 0 Å². The fourth-order valence-corrected chi connectivity index (χ4v) is 4.69. The number of hydrogen-bond donors (Lipinski definition) is 0. The van der Waals surface area contributed by atoms with E-state index in [2.05, 4.69) is 0 Å². The van der Waals surface area contributed by atoms with Gasteiger partial charge in [-0.3, -0.25) is 4.79 Å². The van der Waals surface area contributed by atoms with Crippen LogP contribution >= 0.6 is 35.0 Å². The molecule has 0 bridgehead atoms. The van der Waals surface area contributed by atoms with Crippen LogP contribution in [0.15, 0.2) is 23.1 Å². The Kier molecular flexibility index (Phi) is 5.46. The van der Waals surface area contributed by atoms with Gasteiger partial charge in [-0.2, -0.15) is 0 Å². The summed E-state index contributed by atoms with van der Waals surface area (Å²) in [4.78, 5) is 14.7. The number of nitrogens with zero attached hydrogens (tertiary/aromatic N) is 1. The van der Waals surface area contributed by atoms with Gasteiger partial charge < -0.3 is 4.90 Å². The summed E-state index contributed by atoms with van der Waals surface area (Å²) in [6.45, 7) is 2.30. The molecule has 1 saturated heterocycles. The van der Waals surface area contributed by atoms with Crippen molar-refractivity contribution < 1.29 is 13.2 Å². The van der Waals surface area contributed by atoms with E-state index < -0.39 is 9.84 Å². The lowest BCUT2D eigenvalue weighted by atomic mass is 10.3. The Morgan fingerprint density at radius 2 is 1.90 bits per heavy atom. The average Bonchev–Trinajstić information content (AvgIpc) is 2.42. The van der Waals surface area contributed by atoms with Gasteiger partial charge in [0, 0.05) is 23.0 Å². The molecule has 0 saturated carbocycles. The van der Waals surface area contributed by atoms with Crippen LogP contribution in [0.1, 0.15) is 6.92 Å². The van der Waals surface area contributed by atoms with Gasteiger partial charge in [0.15, 0.2) is 9.84 Å². The summed E-state index contributed by atoms with van der Waals surface area (Å²) in [7, 11) is -2.99. The first-order valence-electron chi connectivity index (χ1n) is 6.39. The molecule has 0 aliphatic carbocycles. The minimum Gasteiger partial charge on any atom is -0.340 e. The number of benzene rings is 1. The molecule has 4 nitrogen and oxygen atoms in total. The Balaban J connectivity index is 2.01. The molecule has 0 aromatic heterocycles. The maximum Gasteiger partial charge on any atom is 0.235 e. The lowest BCUT2D eigenvalue weighted by Crippen LogP contribution is -2.46. The van der Waals surface area contributed by atoms with Crippen molar-refractivity contribution in [3.63, 3.8) is 0 Å². The van der Waals surface area contributed by atoms with E-state index in [1.165, 1.54) is 11.8 Å². The molecule has 1 fully saturated rings. The predicted octanol–water partition coefficient (Wildman–Crippen LogP) is 2.73. The standard InChI is InChI=1S/C13H15Cl2NO3S2/c1-9(20-12-8-10(14)2-3-11(12)15)13(17)16-4-6-21(18,19)7-5-16/h2-3,8-9H,4-7H2,1H3. The van der Waals surface area contributed by atoms with Crippen LogP contribution in [0.2, 0.25) is 10.0 Å². The smallest absolute Gasteiger partial charge is 0.235 e. The molecule has 0 N–H and O–H groups in total. The van der Waals surface area contributed by atoms with E-state index in [0.29, 0.717) is 10.0 Å². The van der Waals surface area contributed by atoms with E-state index >= 15 is 0 Å². The van der Waals surface area contributed by atoms with Gasteiger partial charge in [-0.25, -0.2) is 8.42 Å². The van der Waals surface area contributed by atoms with Crippen molar-refractivity contribution >= 4 is 50.7 Å². The van der Waals surface area contributed by atoms with Gasteiger partial charge in [0.25, 0.3) is 0 Å². The zero-order valence-corrected chi connectivity index (χ0v) is 14.5. The highest BCUT2D eigenvalue weighted by Gasteiger charge is 2.28. The Morgan fingerprint density at radius 1 is 1.29 bits per heavy atom. The van der Waals surface area contributed by atoms with Crippen molar-refractivity contribution in [2.24, 2.45) is 0 Å². The summed E-state index contributed by atoms with van der Waals surface area (Å²) >= 11 is 13.3. The summed E-state index contributed by atoms with van der Waals surface area (Å²) < 4.78 is 22.8. The zero-order chi connectivity index (χ0) is 15.6. The molecule has 1 aromatic carbocycles. The van der Waals surface area contributed by atoms with Crippen LogP contribution in [-0.4, -0.2) is 49.1 Å². The monoisotopic (exact) mass is 367 g/mol. The van der Waals surface area contributed by atoms with Crippen LogP contribution in [0, 0.1) is 0 Å². The van der Waals surface area contributed by atoms with Crippen molar-refractivity contribution in [1.82, 2.24) is 4.90 Å². The van der Waals surface area contributed by atoms with Gasteiger partial charge in [0.2, 0.25) is 5.91 Å². The van der Waals surface area contributed by atoms with E-state index in [1.54, 1.807) is 30.0 Å². The van der Waals surface area contributed by atoms with Gasteiger partial charge in [0.05, 0.1) is 21.8 Å². The SMILES string of the molecule is CC(Sc1cc(Cl)ccc1Cl)C(=O)N1CCS(=O)(=O)CC1. The normalized spacial score (nSPS) is 19.3. The quantitative estimate of drug-likeness (QED) is 0.770. The summed E-state index contributed by atoms with van der Waals surface area (Å²) in [5.74, 6) is -0.00631. The van der Waals surface area contributed by atoms with Crippen LogP contribution in [0.25, 0.3) is 0 Å². The maximum absolute atomic E-state index is 12.3. The molecule has 8 heteroatoms. The third-order valence-electron chi connectivity index (χ3n) is 3.20. The Bertz CT molecular complexity index is 635. The number of halogens is 2. The van der Waals surface area contributed by atoms with Crippen LogP contribution in [0.5, 0.6) is 0 Å². The molecule has 2 rings (SSSR count). The molecule has 1 atom stereocenters. The van der Waals surface area contributed by atoms with E-state index in [9.17, 15) is 13.2 Å². The third kappa shape index (κ3) is 4.52. The van der Waals surface area contributed by atoms with Gasteiger partial charge in [-0.1, -0.05) is 23.2 Å². The number of thioether (sulfide) groups is 1. The van der Waals surface area contributed by atoms with Crippen molar-refractivity contribution in [3.8, 4) is 0 Å². The predicted molar refractivity (Wildman–Crippen MR) is 87.0 cm³/mol. The topological polar surface area (TPSA) is 54.5 Å². The second kappa shape index (κ2) is 6.77. The minimum atomic E-state index is -2.99. The number of hydrogen-bond acceptors (Lipinski definition) is 4. The van der Waals surface area contributed by atoms with Gasteiger partial charge in [-0.15, -0.1) is 11.8 Å². The molecule has 1 unspecified atom stereocenters. The summed E-state index contributed by atoms with van der Waals surface area (Å²) in [5.41, 5.74) is 0. The van der Waals surface area contributed by atoms with Crippen molar-refractivity contribution in [1.29, 1.82) is 0 Å². The van der Waals surface area contributed by atoms with Crippen LogP contribution in [-0.2, 0) is 14.6 Å². The summed E-state index contributed by atoms with van der Waals surface area (Å²) in [6.07, 6.45) is 0. The molecule has 1 aromatic rings. The number of rotatable bonds is 3. The zero-order valence-electron chi connectivity index (χ0n) is 11.4. The third-order valence-corrected chi connectivity index (χ3v) is 6.63. The molecule has 0 spiro atoms. The fourth-order valence-electron chi connectivity index (χ4n) is 2.00. The van der Waals surface area contributed by atoms with Crippen molar-refractivity contribution in [3.05, 3.63) is 28.2 Å². The molecular weight excluding hydrogens is 353 g/mol. The largest absolute Gasteiger partial charge is 0.340 e. The minimum absolute atomic E-state index is 0.0358. The van der Waals surface area contributed by atoms with E-state index in [4.69, 9.17) is 23.2 Å². The fraction of sp³-hybridized carbons (Fsp3) is 0.462. The first-order chi connectivity index (χ1) is 9.78. The molecule has 1 amide bonds. The number of amides is 1. The Morgan fingerprint density at radius 3 is 2.52 bits per heavy atom. The van der Waals surface area contributed by atoms with Crippen molar-refractivity contribution in [2.75, 3.05) is 24.6 Å². The van der Waals surface area contributed by atoms with Crippen LogP contribution in [0.3, 0.4) is 0 Å². The lowest BCUT2D eigenvalue weighted by molar-refractivity contribution is -0.129. The van der Waals surface area contributed by atoms with Crippen LogP contribution < -0.4 is 0 Å². The van der Waals surface area contributed by atoms with Gasteiger partial charge in [-0.05, 0) is 25.1 Å². The average molecular weight is 368 g/mol. The second-order valence-corrected chi connectivity index (χ2v) is 9.34. The first kappa shape index (κ1) is 16.9. The Labute approximate surface area is 138 Å². The molecule has 116 valence electrons. The summed E-state index contributed by atoms with van der Waals surface area (Å²) in [5, 5.41) is 0.762.